The summed E-state index contributed by atoms with van der Waals surface area (Å²) in [5.74, 6) is 0.979. The zero-order valence-electron chi connectivity index (χ0n) is 12.7. The molecule has 22 heavy (non-hydrogen) atoms. The lowest BCUT2D eigenvalue weighted by Gasteiger charge is -2.10. The van der Waals surface area contributed by atoms with Crippen molar-refractivity contribution in [1.29, 1.82) is 0 Å². The van der Waals surface area contributed by atoms with E-state index in [1.165, 1.54) is 12.1 Å². The third-order valence-corrected chi connectivity index (χ3v) is 3.59. The van der Waals surface area contributed by atoms with Gasteiger partial charge >= 0.3 is 6.18 Å². The van der Waals surface area contributed by atoms with Gasteiger partial charge in [-0.05, 0) is 54.4 Å². The summed E-state index contributed by atoms with van der Waals surface area (Å²) in [5, 5.41) is 0. The highest BCUT2D eigenvalue weighted by Gasteiger charge is 2.30. The highest BCUT2D eigenvalue weighted by Crippen LogP contribution is 2.32. The molecule has 2 rings (SSSR count). The van der Waals surface area contributed by atoms with E-state index in [-0.39, 0.29) is 0 Å². The predicted molar refractivity (Wildman–Crippen MR) is 86.4 cm³/mol. The van der Waals surface area contributed by atoms with E-state index in [2.05, 4.69) is 15.9 Å². The molecule has 120 valence electrons. The Morgan fingerprint density at radius 2 is 1.50 bits per heavy atom. The van der Waals surface area contributed by atoms with E-state index in [1.807, 2.05) is 32.9 Å². The van der Waals surface area contributed by atoms with Gasteiger partial charge in [0.2, 0.25) is 0 Å². The summed E-state index contributed by atoms with van der Waals surface area (Å²) in [6, 6.07) is 10.1. The molecule has 0 bridgehead atoms. The van der Waals surface area contributed by atoms with E-state index in [4.69, 9.17) is 4.74 Å². The third-order valence-electron chi connectivity index (χ3n) is 2.82. The van der Waals surface area contributed by atoms with Crippen LogP contribution in [-0.4, -0.2) is 0 Å². The maximum absolute atomic E-state index is 12.4. The second-order valence-electron chi connectivity index (χ2n) is 4.23. The standard InChI is InChI=1S/C15H12BrF3O.C2H6/c1-2-10-9-13(7-8-14(10)16)20-12-5-3-11(4-6-12)15(17,18)19;1-2/h3-9H,2H2,1H3;1-2H3. The van der Waals surface area contributed by atoms with E-state index < -0.39 is 11.7 Å². The number of benzene rings is 2. The molecule has 0 spiro atoms. The third kappa shape index (κ3) is 5.05. The van der Waals surface area contributed by atoms with Crippen LogP contribution in [0.25, 0.3) is 0 Å². The minimum atomic E-state index is -4.33. The molecule has 0 aliphatic rings. The molecule has 0 heterocycles. The molecule has 5 heteroatoms. The lowest BCUT2D eigenvalue weighted by Crippen LogP contribution is -2.03. The molecule has 2 aromatic carbocycles. The highest BCUT2D eigenvalue weighted by atomic mass is 79.9. The zero-order valence-corrected chi connectivity index (χ0v) is 14.3. The number of hydrogen-bond donors (Lipinski definition) is 0. The van der Waals surface area contributed by atoms with Gasteiger partial charge in [0.05, 0.1) is 5.56 Å². The minimum Gasteiger partial charge on any atom is -0.457 e. The van der Waals surface area contributed by atoms with Crippen LogP contribution in [0.3, 0.4) is 0 Å². The van der Waals surface area contributed by atoms with Crippen LogP contribution in [0, 0.1) is 0 Å². The maximum atomic E-state index is 12.4. The van der Waals surface area contributed by atoms with Crippen molar-refractivity contribution in [3.63, 3.8) is 0 Å². The van der Waals surface area contributed by atoms with E-state index in [1.54, 1.807) is 6.07 Å². The molecule has 0 radical (unpaired) electrons. The summed E-state index contributed by atoms with van der Waals surface area (Å²) < 4.78 is 43.9. The quantitative estimate of drug-likeness (QED) is 0.570. The van der Waals surface area contributed by atoms with Crippen molar-refractivity contribution in [3.05, 3.63) is 58.1 Å². The molecular formula is C17H18BrF3O. The van der Waals surface area contributed by atoms with Gasteiger partial charge in [-0.25, -0.2) is 0 Å². The van der Waals surface area contributed by atoms with Crippen molar-refractivity contribution in [2.75, 3.05) is 0 Å². The first-order valence-electron chi connectivity index (χ1n) is 7.03. The maximum Gasteiger partial charge on any atom is 0.416 e. The number of alkyl halides is 3. The molecule has 0 saturated heterocycles. The largest absolute Gasteiger partial charge is 0.457 e. The van der Waals surface area contributed by atoms with Crippen molar-refractivity contribution in [2.24, 2.45) is 0 Å². The molecule has 0 N–H and O–H groups in total. The summed E-state index contributed by atoms with van der Waals surface area (Å²) in [6.45, 7) is 6.02. The van der Waals surface area contributed by atoms with Crippen molar-refractivity contribution < 1.29 is 17.9 Å². The number of aryl methyl sites for hydroxylation is 1. The molecule has 0 atom stereocenters. The summed E-state index contributed by atoms with van der Waals surface area (Å²) in [6.07, 6.45) is -3.49. The van der Waals surface area contributed by atoms with Crippen molar-refractivity contribution in [1.82, 2.24) is 0 Å². The van der Waals surface area contributed by atoms with Crippen LogP contribution in [-0.2, 0) is 12.6 Å². The van der Waals surface area contributed by atoms with Gasteiger partial charge in [-0.15, -0.1) is 0 Å². The molecule has 0 fully saturated rings. The number of ether oxygens (including phenoxy) is 1. The van der Waals surface area contributed by atoms with Gasteiger partial charge in [-0.1, -0.05) is 36.7 Å². The Morgan fingerprint density at radius 3 is 2.00 bits per heavy atom. The second-order valence-corrected chi connectivity index (χ2v) is 5.09. The van der Waals surface area contributed by atoms with Crippen LogP contribution in [0.1, 0.15) is 31.9 Å². The normalized spacial score (nSPS) is 10.7. The van der Waals surface area contributed by atoms with E-state index in [9.17, 15) is 13.2 Å². The van der Waals surface area contributed by atoms with E-state index >= 15 is 0 Å². The van der Waals surface area contributed by atoms with E-state index in [0.29, 0.717) is 11.5 Å². The lowest BCUT2D eigenvalue weighted by atomic mass is 10.1. The van der Waals surface area contributed by atoms with Crippen molar-refractivity contribution in [2.45, 2.75) is 33.4 Å². The summed E-state index contributed by atoms with van der Waals surface area (Å²) >= 11 is 3.43. The van der Waals surface area contributed by atoms with E-state index in [0.717, 1.165) is 28.6 Å². The number of halogens is 4. The number of hydrogen-bond acceptors (Lipinski definition) is 1. The molecule has 0 aliphatic carbocycles. The lowest BCUT2D eigenvalue weighted by molar-refractivity contribution is -0.137. The van der Waals surface area contributed by atoms with Gasteiger partial charge in [0.25, 0.3) is 0 Å². The summed E-state index contributed by atoms with van der Waals surface area (Å²) in [5.41, 5.74) is 0.393. The molecule has 0 amide bonds. The van der Waals surface area contributed by atoms with Gasteiger partial charge in [0.1, 0.15) is 11.5 Å². The van der Waals surface area contributed by atoms with Gasteiger partial charge in [0, 0.05) is 4.47 Å². The first-order chi connectivity index (χ1) is 10.4. The fraction of sp³-hybridized carbons (Fsp3) is 0.294. The second kappa shape index (κ2) is 8.22. The zero-order chi connectivity index (χ0) is 16.8. The fourth-order valence-corrected chi connectivity index (χ4v) is 2.26. The summed E-state index contributed by atoms with van der Waals surface area (Å²) in [7, 11) is 0. The predicted octanol–water partition coefficient (Wildman–Crippen LogP) is 6.85. The SMILES string of the molecule is CC.CCc1cc(Oc2ccc(C(F)(F)F)cc2)ccc1Br. The van der Waals surface area contributed by atoms with Gasteiger partial charge < -0.3 is 4.74 Å². The first-order valence-corrected chi connectivity index (χ1v) is 7.83. The average Bonchev–Trinajstić information content (AvgIpc) is 2.51. The molecular weight excluding hydrogens is 357 g/mol. The Balaban J connectivity index is 0.00000116. The molecule has 2 aromatic rings. The fourth-order valence-electron chi connectivity index (χ4n) is 1.73. The minimum absolute atomic E-state index is 0.377. The first kappa shape index (κ1) is 18.6. The monoisotopic (exact) mass is 374 g/mol. The molecule has 1 nitrogen and oxygen atoms in total. The van der Waals surface area contributed by atoms with Crippen LogP contribution in [0.5, 0.6) is 11.5 Å². The smallest absolute Gasteiger partial charge is 0.416 e. The van der Waals surface area contributed by atoms with Crippen molar-refractivity contribution in [3.8, 4) is 11.5 Å². The molecule has 0 unspecified atom stereocenters. The topological polar surface area (TPSA) is 9.23 Å². The Morgan fingerprint density at radius 1 is 0.955 bits per heavy atom. The summed E-state index contributed by atoms with van der Waals surface area (Å²) in [4.78, 5) is 0. The Kier molecular flexibility index (Phi) is 6.94. The Hall–Kier alpha value is -1.49. The Bertz CT molecular complexity index is 592. The van der Waals surface area contributed by atoms with Crippen LogP contribution in [0.2, 0.25) is 0 Å². The molecule has 0 saturated carbocycles. The van der Waals surface area contributed by atoms with Gasteiger partial charge in [0.15, 0.2) is 0 Å². The van der Waals surface area contributed by atoms with Crippen LogP contribution in [0.15, 0.2) is 46.9 Å². The van der Waals surface area contributed by atoms with Crippen molar-refractivity contribution >= 4 is 15.9 Å². The van der Waals surface area contributed by atoms with Gasteiger partial charge in [-0.3, -0.25) is 0 Å². The average molecular weight is 375 g/mol. The van der Waals surface area contributed by atoms with Crippen LogP contribution >= 0.6 is 15.9 Å². The van der Waals surface area contributed by atoms with Gasteiger partial charge in [-0.2, -0.15) is 13.2 Å². The molecule has 0 aliphatic heterocycles. The van der Waals surface area contributed by atoms with Crippen LogP contribution in [0.4, 0.5) is 13.2 Å². The molecule has 0 aromatic heterocycles. The number of rotatable bonds is 3. The highest BCUT2D eigenvalue weighted by molar-refractivity contribution is 9.10. The van der Waals surface area contributed by atoms with Crippen LogP contribution < -0.4 is 4.74 Å². The Labute approximate surface area is 137 Å².